The van der Waals surface area contributed by atoms with Gasteiger partial charge in [-0.25, -0.2) is 4.98 Å². The smallest absolute Gasteiger partial charge is 0.213 e. The number of guanidine groups is 1. The Balaban J connectivity index is 0.00000364. The monoisotopic (exact) mass is 488 g/mol. The molecule has 7 nitrogen and oxygen atoms in total. The van der Waals surface area contributed by atoms with E-state index in [0.29, 0.717) is 31.5 Å². The van der Waals surface area contributed by atoms with E-state index in [4.69, 9.17) is 13.9 Å². The number of hydrogen-bond acceptors (Lipinski definition) is 5. The summed E-state index contributed by atoms with van der Waals surface area (Å²) in [6, 6.07) is 7.49. The Kier molecular flexibility index (Phi) is 9.40. The van der Waals surface area contributed by atoms with Gasteiger partial charge in [-0.1, -0.05) is 20.8 Å². The molecule has 0 saturated carbocycles. The van der Waals surface area contributed by atoms with Crippen LogP contribution in [0.3, 0.4) is 0 Å². The van der Waals surface area contributed by atoms with E-state index in [-0.39, 0.29) is 29.4 Å². The van der Waals surface area contributed by atoms with Crippen LogP contribution in [0.25, 0.3) is 0 Å². The van der Waals surface area contributed by atoms with Crippen molar-refractivity contribution in [2.75, 3.05) is 27.3 Å². The quantitative estimate of drug-likeness (QED) is 0.269. The Labute approximate surface area is 178 Å². The largest absolute Gasteiger partial charge is 0.497 e. The van der Waals surface area contributed by atoms with Gasteiger partial charge in [-0.05, 0) is 24.3 Å². The van der Waals surface area contributed by atoms with Crippen LogP contribution in [0.4, 0.5) is 0 Å². The molecule has 8 heteroatoms. The van der Waals surface area contributed by atoms with Crippen molar-refractivity contribution >= 4 is 29.9 Å². The van der Waals surface area contributed by atoms with Gasteiger partial charge in [-0.15, -0.1) is 24.0 Å². The first-order valence-electron chi connectivity index (χ1n) is 8.59. The van der Waals surface area contributed by atoms with Crippen molar-refractivity contribution in [3.05, 3.63) is 42.1 Å². The number of nitrogens with one attached hydrogen (secondary N) is 2. The van der Waals surface area contributed by atoms with Gasteiger partial charge in [0, 0.05) is 12.5 Å². The number of benzene rings is 1. The van der Waals surface area contributed by atoms with E-state index < -0.39 is 0 Å². The summed E-state index contributed by atoms with van der Waals surface area (Å²) < 4.78 is 16.5. The third-order valence-corrected chi connectivity index (χ3v) is 3.65. The molecule has 2 N–H and O–H groups in total. The average Bonchev–Trinajstić information content (AvgIpc) is 3.11. The van der Waals surface area contributed by atoms with Crippen LogP contribution in [-0.4, -0.2) is 38.3 Å². The highest BCUT2D eigenvalue weighted by molar-refractivity contribution is 14.0. The second-order valence-electron chi connectivity index (χ2n) is 6.74. The first-order valence-corrected chi connectivity index (χ1v) is 8.59. The highest BCUT2D eigenvalue weighted by atomic mass is 127. The molecule has 1 heterocycles. The first kappa shape index (κ1) is 23.1. The fourth-order valence-electron chi connectivity index (χ4n) is 2.13. The second kappa shape index (κ2) is 11.0. The standard InChI is InChI=1S/C19H28N4O3.HI/c1-19(2,3)16-12-22-17(26-16)13-23-18(20-4)21-10-11-25-15-8-6-14(24-5)7-9-15;/h6-9,12H,10-11,13H2,1-5H3,(H2,20,21,23);1H. The van der Waals surface area contributed by atoms with Crippen LogP contribution in [0.15, 0.2) is 39.9 Å². The minimum absolute atomic E-state index is 0. The molecule has 0 saturated heterocycles. The summed E-state index contributed by atoms with van der Waals surface area (Å²) in [4.78, 5) is 8.47. The number of ether oxygens (including phenoxy) is 2. The third kappa shape index (κ3) is 7.66. The van der Waals surface area contributed by atoms with E-state index >= 15 is 0 Å². The fourth-order valence-corrected chi connectivity index (χ4v) is 2.13. The summed E-state index contributed by atoms with van der Waals surface area (Å²) >= 11 is 0. The maximum absolute atomic E-state index is 5.75. The molecule has 1 aromatic heterocycles. The highest BCUT2D eigenvalue weighted by Gasteiger charge is 2.19. The lowest BCUT2D eigenvalue weighted by Gasteiger charge is -2.13. The minimum Gasteiger partial charge on any atom is -0.497 e. The molecule has 0 spiro atoms. The normalized spacial score (nSPS) is 11.5. The molecule has 0 atom stereocenters. The molecular weight excluding hydrogens is 459 g/mol. The van der Waals surface area contributed by atoms with Crippen LogP contribution in [0.5, 0.6) is 11.5 Å². The van der Waals surface area contributed by atoms with E-state index in [1.165, 1.54) is 0 Å². The van der Waals surface area contributed by atoms with Crippen molar-refractivity contribution in [1.82, 2.24) is 15.6 Å². The SMILES string of the molecule is CN=C(NCCOc1ccc(OC)cc1)NCc1ncc(C(C)(C)C)o1.I. The van der Waals surface area contributed by atoms with Gasteiger partial charge >= 0.3 is 0 Å². The summed E-state index contributed by atoms with van der Waals surface area (Å²) in [6.45, 7) is 7.87. The molecule has 0 bridgehead atoms. The summed E-state index contributed by atoms with van der Waals surface area (Å²) in [5, 5.41) is 6.36. The van der Waals surface area contributed by atoms with E-state index in [0.717, 1.165) is 17.3 Å². The molecule has 2 rings (SSSR count). The predicted octanol–water partition coefficient (Wildman–Crippen LogP) is 3.34. The van der Waals surface area contributed by atoms with Crippen molar-refractivity contribution in [3.8, 4) is 11.5 Å². The molecule has 1 aromatic carbocycles. The Morgan fingerprint density at radius 1 is 1.15 bits per heavy atom. The zero-order chi connectivity index (χ0) is 19.0. The van der Waals surface area contributed by atoms with E-state index in [2.05, 4.69) is 41.4 Å². The molecule has 0 aliphatic heterocycles. The van der Waals surface area contributed by atoms with Crippen LogP contribution >= 0.6 is 24.0 Å². The highest BCUT2D eigenvalue weighted by Crippen LogP contribution is 2.22. The number of aromatic nitrogens is 1. The molecule has 2 aromatic rings. The lowest BCUT2D eigenvalue weighted by atomic mass is 9.94. The molecular formula is C19H29IN4O3. The van der Waals surface area contributed by atoms with Crippen molar-refractivity contribution in [2.24, 2.45) is 4.99 Å². The summed E-state index contributed by atoms with van der Waals surface area (Å²) in [5.41, 5.74) is -0.0516. The van der Waals surface area contributed by atoms with E-state index in [1.807, 2.05) is 24.3 Å². The molecule has 0 unspecified atom stereocenters. The average molecular weight is 488 g/mol. The summed E-state index contributed by atoms with van der Waals surface area (Å²) in [6.07, 6.45) is 1.77. The number of methoxy groups -OCH3 is 1. The lowest BCUT2D eigenvalue weighted by Crippen LogP contribution is -2.38. The van der Waals surface area contributed by atoms with Crippen LogP contribution in [-0.2, 0) is 12.0 Å². The zero-order valence-corrected chi connectivity index (χ0v) is 18.9. The Hall–Kier alpha value is -1.97. The first-order chi connectivity index (χ1) is 12.4. The fraction of sp³-hybridized carbons (Fsp3) is 0.474. The van der Waals surface area contributed by atoms with E-state index in [1.54, 1.807) is 20.4 Å². The summed E-state index contributed by atoms with van der Waals surface area (Å²) in [7, 11) is 3.36. The van der Waals surface area contributed by atoms with Gasteiger partial charge < -0.3 is 24.5 Å². The van der Waals surface area contributed by atoms with Gasteiger partial charge in [-0.2, -0.15) is 0 Å². The number of hydrogen-bond donors (Lipinski definition) is 2. The Morgan fingerprint density at radius 2 is 1.81 bits per heavy atom. The van der Waals surface area contributed by atoms with Crippen molar-refractivity contribution in [2.45, 2.75) is 32.7 Å². The van der Waals surface area contributed by atoms with Crippen molar-refractivity contribution in [3.63, 3.8) is 0 Å². The van der Waals surface area contributed by atoms with Crippen LogP contribution in [0.2, 0.25) is 0 Å². The molecule has 0 aliphatic rings. The van der Waals surface area contributed by atoms with Crippen LogP contribution < -0.4 is 20.1 Å². The van der Waals surface area contributed by atoms with Gasteiger partial charge in [-0.3, -0.25) is 4.99 Å². The minimum atomic E-state index is -0.0516. The Morgan fingerprint density at radius 3 is 2.37 bits per heavy atom. The molecule has 0 aliphatic carbocycles. The second-order valence-corrected chi connectivity index (χ2v) is 6.74. The number of nitrogens with zero attached hydrogens (tertiary/aromatic N) is 2. The van der Waals surface area contributed by atoms with Gasteiger partial charge in [0.15, 0.2) is 5.96 Å². The zero-order valence-electron chi connectivity index (χ0n) is 16.5. The molecule has 0 fully saturated rings. The number of oxazole rings is 1. The van der Waals surface area contributed by atoms with Crippen LogP contribution in [0, 0.1) is 0 Å². The maximum atomic E-state index is 5.75. The molecule has 150 valence electrons. The van der Waals surface area contributed by atoms with Gasteiger partial charge in [0.2, 0.25) is 5.89 Å². The predicted molar refractivity (Wildman–Crippen MR) is 117 cm³/mol. The van der Waals surface area contributed by atoms with Gasteiger partial charge in [0.05, 0.1) is 26.4 Å². The molecule has 0 radical (unpaired) electrons. The number of aliphatic imine (C=N–C) groups is 1. The number of rotatable bonds is 7. The maximum Gasteiger partial charge on any atom is 0.213 e. The third-order valence-electron chi connectivity index (χ3n) is 3.65. The molecule has 0 amide bonds. The Bertz CT molecular complexity index is 708. The lowest BCUT2D eigenvalue weighted by molar-refractivity contribution is 0.321. The van der Waals surface area contributed by atoms with Gasteiger partial charge in [0.1, 0.15) is 23.9 Å². The summed E-state index contributed by atoms with van der Waals surface area (Å²) in [5.74, 6) is 3.77. The van der Waals surface area contributed by atoms with Crippen molar-refractivity contribution in [1.29, 1.82) is 0 Å². The molecule has 27 heavy (non-hydrogen) atoms. The number of halogens is 1. The van der Waals surface area contributed by atoms with Crippen LogP contribution in [0.1, 0.15) is 32.4 Å². The van der Waals surface area contributed by atoms with Gasteiger partial charge in [0.25, 0.3) is 0 Å². The van der Waals surface area contributed by atoms with Crippen molar-refractivity contribution < 1.29 is 13.9 Å². The van der Waals surface area contributed by atoms with E-state index in [9.17, 15) is 0 Å². The topological polar surface area (TPSA) is 80.9 Å².